The number of hydrogen-bond acceptors (Lipinski definition) is 4. The maximum Gasteiger partial charge on any atom is 0.271 e. The summed E-state index contributed by atoms with van der Waals surface area (Å²) in [6.07, 6.45) is 1.40. The zero-order valence-electron chi connectivity index (χ0n) is 9.24. The van der Waals surface area contributed by atoms with Crippen molar-refractivity contribution in [1.82, 2.24) is 14.9 Å². The van der Waals surface area contributed by atoms with E-state index in [2.05, 4.69) is 26.7 Å². The van der Waals surface area contributed by atoms with Crippen molar-refractivity contribution < 1.29 is 0 Å². The monoisotopic (exact) mass is 242 g/mol. The third kappa shape index (κ3) is 2.20. The van der Waals surface area contributed by atoms with Crippen molar-refractivity contribution in [1.29, 1.82) is 0 Å². The molecule has 1 aromatic heterocycles. The van der Waals surface area contributed by atoms with Crippen molar-refractivity contribution in [2.24, 2.45) is 0 Å². The van der Waals surface area contributed by atoms with Gasteiger partial charge in [-0.25, -0.2) is 4.98 Å². The van der Waals surface area contributed by atoms with E-state index < -0.39 is 0 Å². The number of rotatable bonds is 2. The second-order valence-corrected chi connectivity index (χ2v) is 4.17. The molecule has 0 atom stereocenters. The van der Waals surface area contributed by atoms with E-state index in [-0.39, 0.29) is 10.6 Å². The van der Waals surface area contributed by atoms with E-state index in [0.717, 1.165) is 32.7 Å². The van der Waals surface area contributed by atoms with Gasteiger partial charge in [0.25, 0.3) is 5.56 Å². The predicted octanol–water partition coefficient (Wildman–Crippen LogP) is 0.565. The lowest BCUT2D eigenvalue weighted by molar-refractivity contribution is 0.270. The second kappa shape index (κ2) is 4.84. The van der Waals surface area contributed by atoms with Gasteiger partial charge in [0.1, 0.15) is 5.02 Å². The van der Waals surface area contributed by atoms with Gasteiger partial charge in [-0.2, -0.15) is 0 Å². The number of aromatic nitrogens is 2. The molecular weight excluding hydrogens is 228 g/mol. The second-order valence-electron chi connectivity index (χ2n) is 3.79. The topological polar surface area (TPSA) is 52.2 Å². The van der Waals surface area contributed by atoms with Crippen LogP contribution < -0.4 is 10.5 Å². The number of aromatic amines is 1. The van der Waals surface area contributed by atoms with Gasteiger partial charge in [-0.1, -0.05) is 18.5 Å². The molecule has 0 saturated carbocycles. The summed E-state index contributed by atoms with van der Waals surface area (Å²) in [6, 6.07) is 0. The Kier molecular flexibility index (Phi) is 3.46. The van der Waals surface area contributed by atoms with E-state index in [4.69, 9.17) is 11.6 Å². The van der Waals surface area contributed by atoms with Crippen molar-refractivity contribution in [3.05, 3.63) is 21.7 Å². The SMILES string of the molecule is CCN1CCN(c2nc[nH]c(=O)c2Cl)CC1. The third-order valence-electron chi connectivity index (χ3n) is 2.90. The Morgan fingerprint density at radius 2 is 2.12 bits per heavy atom. The largest absolute Gasteiger partial charge is 0.353 e. The highest BCUT2D eigenvalue weighted by atomic mass is 35.5. The van der Waals surface area contributed by atoms with Crippen LogP contribution >= 0.6 is 11.6 Å². The van der Waals surface area contributed by atoms with Crippen LogP contribution in [0, 0.1) is 0 Å². The molecule has 1 aliphatic heterocycles. The minimum atomic E-state index is -0.274. The Balaban J connectivity index is 2.14. The lowest BCUT2D eigenvalue weighted by Gasteiger charge is -2.34. The number of piperazine rings is 1. The van der Waals surface area contributed by atoms with Gasteiger partial charge >= 0.3 is 0 Å². The zero-order chi connectivity index (χ0) is 11.5. The van der Waals surface area contributed by atoms with Crippen LogP contribution in [0.5, 0.6) is 0 Å². The summed E-state index contributed by atoms with van der Waals surface area (Å²) in [7, 11) is 0. The molecule has 0 bridgehead atoms. The normalized spacial score (nSPS) is 17.8. The fraction of sp³-hybridized carbons (Fsp3) is 0.600. The molecule has 16 heavy (non-hydrogen) atoms. The molecule has 88 valence electrons. The molecule has 1 N–H and O–H groups in total. The van der Waals surface area contributed by atoms with Crippen LogP contribution in [0.3, 0.4) is 0 Å². The fourth-order valence-corrected chi connectivity index (χ4v) is 2.09. The highest BCUT2D eigenvalue weighted by Crippen LogP contribution is 2.19. The number of halogens is 1. The summed E-state index contributed by atoms with van der Waals surface area (Å²) < 4.78 is 0. The number of hydrogen-bond donors (Lipinski definition) is 1. The molecule has 1 fully saturated rings. The first-order valence-corrected chi connectivity index (χ1v) is 5.80. The average molecular weight is 243 g/mol. The Hall–Kier alpha value is -1.07. The highest BCUT2D eigenvalue weighted by molar-refractivity contribution is 6.32. The molecule has 2 rings (SSSR count). The first kappa shape index (κ1) is 11.4. The Morgan fingerprint density at radius 3 is 2.75 bits per heavy atom. The lowest BCUT2D eigenvalue weighted by Crippen LogP contribution is -2.46. The molecular formula is C10H15ClN4O. The molecule has 0 unspecified atom stereocenters. The molecule has 0 spiro atoms. The lowest BCUT2D eigenvalue weighted by atomic mass is 10.3. The van der Waals surface area contributed by atoms with E-state index in [0.29, 0.717) is 5.82 Å². The standard InChI is InChI=1S/C10H15ClN4O/c1-2-14-3-5-15(6-4-14)9-8(11)10(16)13-7-12-9/h7H,2-6H2,1H3,(H,12,13,16). The number of anilines is 1. The fourth-order valence-electron chi connectivity index (χ4n) is 1.87. The molecule has 5 nitrogen and oxygen atoms in total. The number of likely N-dealkylation sites (N-methyl/N-ethyl adjacent to an activating group) is 1. The smallest absolute Gasteiger partial charge is 0.271 e. The van der Waals surface area contributed by atoms with Gasteiger partial charge in [-0.3, -0.25) is 4.79 Å². The van der Waals surface area contributed by atoms with Crippen LogP contribution in [0.15, 0.2) is 11.1 Å². The first-order chi connectivity index (χ1) is 7.72. The quantitative estimate of drug-likeness (QED) is 0.824. The van der Waals surface area contributed by atoms with Gasteiger partial charge in [-0.05, 0) is 6.54 Å². The highest BCUT2D eigenvalue weighted by Gasteiger charge is 2.19. The number of nitrogens with one attached hydrogen (secondary N) is 1. The Morgan fingerprint density at radius 1 is 1.44 bits per heavy atom. The molecule has 1 saturated heterocycles. The molecule has 0 radical (unpaired) electrons. The van der Waals surface area contributed by atoms with Crippen molar-refractivity contribution in [2.75, 3.05) is 37.6 Å². The number of nitrogens with zero attached hydrogens (tertiary/aromatic N) is 3. The van der Waals surface area contributed by atoms with E-state index >= 15 is 0 Å². The molecule has 1 aromatic rings. The van der Waals surface area contributed by atoms with Crippen LogP contribution in [-0.4, -0.2) is 47.6 Å². The number of H-pyrrole nitrogens is 1. The minimum absolute atomic E-state index is 0.187. The van der Waals surface area contributed by atoms with Gasteiger partial charge in [0, 0.05) is 26.2 Å². The third-order valence-corrected chi connectivity index (χ3v) is 3.24. The first-order valence-electron chi connectivity index (χ1n) is 5.43. The van der Waals surface area contributed by atoms with Gasteiger partial charge < -0.3 is 14.8 Å². The van der Waals surface area contributed by atoms with Crippen LogP contribution in [0.1, 0.15) is 6.92 Å². The summed E-state index contributed by atoms with van der Waals surface area (Å²) in [5.41, 5.74) is -0.274. The van der Waals surface area contributed by atoms with Gasteiger partial charge in [0.15, 0.2) is 5.82 Å². The van der Waals surface area contributed by atoms with E-state index in [1.807, 2.05) is 0 Å². The Labute approximate surface area is 99.0 Å². The molecule has 0 amide bonds. The molecule has 2 heterocycles. The summed E-state index contributed by atoms with van der Waals surface area (Å²) in [4.78, 5) is 22.4. The minimum Gasteiger partial charge on any atom is -0.353 e. The van der Waals surface area contributed by atoms with Crippen LogP contribution in [0.2, 0.25) is 5.02 Å². The summed E-state index contributed by atoms with van der Waals surface area (Å²) >= 11 is 5.94. The summed E-state index contributed by atoms with van der Waals surface area (Å²) in [6.45, 7) is 6.91. The summed E-state index contributed by atoms with van der Waals surface area (Å²) in [5.74, 6) is 0.598. The van der Waals surface area contributed by atoms with E-state index in [9.17, 15) is 4.79 Å². The van der Waals surface area contributed by atoms with Crippen molar-refractivity contribution in [3.8, 4) is 0 Å². The van der Waals surface area contributed by atoms with Crippen molar-refractivity contribution in [2.45, 2.75) is 6.92 Å². The van der Waals surface area contributed by atoms with Gasteiger partial charge in [-0.15, -0.1) is 0 Å². The van der Waals surface area contributed by atoms with Crippen LogP contribution in [0.25, 0.3) is 0 Å². The van der Waals surface area contributed by atoms with E-state index in [1.54, 1.807) is 0 Å². The maximum absolute atomic E-state index is 11.3. The zero-order valence-corrected chi connectivity index (χ0v) is 10.00. The van der Waals surface area contributed by atoms with Crippen molar-refractivity contribution in [3.63, 3.8) is 0 Å². The maximum atomic E-state index is 11.3. The van der Waals surface area contributed by atoms with E-state index in [1.165, 1.54) is 6.33 Å². The summed E-state index contributed by atoms with van der Waals surface area (Å²) in [5, 5.41) is 0.187. The van der Waals surface area contributed by atoms with Gasteiger partial charge in [0.05, 0.1) is 6.33 Å². The van der Waals surface area contributed by atoms with Crippen LogP contribution in [-0.2, 0) is 0 Å². The molecule has 0 aromatic carbocycles. The van der Waals surface area contributed by atoms with Crippen molar-refractivity contribution >= 4 is 17.4 Å². The van der Waals surface area contributed by atoms with Crippen LogP contribution in [0.4, 0.5) is 5.82 Å². The Bertz CT molecular complexity index is 412. The predicted molar refractivity (Wildman–Crippen MR) is 64.2 cm³/mol. The molecule has 6 heteroatoms. The van der Waals surface area contributed by atoms with Gasteiger partial charge in [0.2, 0.25) is 0 Å². The molecule has 0 aliphatic carbocycles. The molecule has 1 aliphatic rings. The average Bonchev–Trinajstić information content (AvgIpc) is 2.33.